The first-order valence-electron chi connectivity index (χ1n) is 11.4. The maximum atomic E-state index is 12.9. The van der Waals surface area contributed by atoms with E-state index in [1.165, 1.54) is 6.42 Å². The number of carbonyl (C=O) groups is 2. The van der Waals surface area contributed by atoms with Crippen LogP contribution in [0.3, 0.4) is 0 Å². The van der Waals surface area contributed by atoms with Gasteiger partial charge in [0.2, 0.25) is 0 Å². The minimum absolute atomic E-state index is 0.0552. The average Bonchev–Trinajstić information content (AvgIpc) is 3.19. The Bertz CT molecular complexity index is 1370. The second kappa shape index (κ2) is 8.65. The number of hydrogen-bond acceptors (Lipinski definition) is 5. The molecule has 5 rings (SSSR count). The summed E-state index contributed by atoms with van der Waals surface area (Å²) in [4.78, 5) is 39.6. The zero-order chi connectivity index (χ0) is 22.9. The zero-order valence-corrected chi connectivity index (χ0v) is 18.9. The van der Waals surface area contributed by atoms with Crippen molar-refractivity contribution in [2.45, 2.75) is 33.1 Å². The molecule has 2 aromatic carbocycles. The minimum Gasteiger partial charge on any atom is -0.461 e. The maximum absolute atomic E-state index is 12.9. The Hall–Kier alpha value is -3.74. The van der Waals surface area contributed by atoms with Crippen LogP contribution in [0.1, 0.15) is 52.6 Å². The quantitative estimate of drug-likeness (QED) is 0.455. The lowest BCUT2D eigenvalue weighted by atomic mass is 10.1. The SMILES string of the molecule is CCOC(=O)c1[nH]c2ccc(-c3cnc4ccc(C(=O)N5CCCCC5)cc4n3)cc2c1C. The summed E-state index contributed by atoms with van der Waals surface area (Å²) in [5.74, 6) is -0.302. The maximum Gasteiger partial charge on any atom is 0.355 e. The van der Waals surface area contributed by atoms with E-state index in [2.05, 4.69) is 9.97 Å². The number of H-pyrrole nitrogens is 1. The lowest BCUT2D eigenvalue weighted by Gasteiger charge is -2.26. The van der Waals surface area contributed by atoms with Crippen LogP contribution in [-0.2, 0) is 4.74 Å². The van der Waals surface area contributed by atoms with Crippen LogP contribution in [0.25, 0.3) is 33.2 Å². The number of nitrogens with one attached hydrogen (secondary N) is 1. The third-order valence-corrected chi connectivity index (χ3v) is 6.27. The third kappa shape index (κ3) is 3.95. The summed E-state index contributed by atoms with van der Waals surface area (Å²) >= 11 is 0. The van der Waals surface area contributed by atoms with Crippen molar-refractivity contribution in [2.24, 2.45) is 0 Å². The minimum atomic E-state index is -0.357. The predicted molar refractivity (Wildman–Crippen MR) is 127 cm³/mol. The average molecular weight is 443 g/mol. The van der Waals surface area contributed by atoms with Crippen molar-refractivity contribution in [1.29, 1.82) is 0 Å². The molecule has 1 fully saturated rings. The van der Waals surface area contributed by atoms with Crippen LogP contribution in [0.15, 0.2) is 42.6 Å². The highest BCUT2D eigenvalue weighted by atomic mass is 16.5. The molecule has 0 unspecified atom stereocenters. The monoisotopic (exact) mass is 442 g/mol. The molecule has 1 N–H and O–H groups in total. The molecular weight excluding hydrogens is 416 g/mol. The van der Waals surface area contributed by atoms with Gasteiger partial charge in [-0.1, -0.05) is 6.07 Å². The number of esters is 1. The van der Waals surface area contributed by atoms with Gasteiger partial charge in [0.1, 0.15) is 5.69 Å². The first-order chi connectivity index (χ1) is 16.0. The number of aromatic nitrogens is 3. The van der Waals surface area contributed by atoms with Gasteiger partial charge in [-0.3, -0.25) is 9.78 Å². The van der Waals surface area contributed by atoms with E-state index in [0.717, 1.165) is 53.5 Å². The summed E-state index contributed by atoms with van der Waals surface area (Å²) in [5, 5.41) is 0.937. The largest absolute Gasteiger partial charge is 0.461 e. The highest BCUT2D eigenvalue weighted by molar-refractivity contribution is 6.00. The van der Waals surface area contributed by atoms with Crippen LogP contribution >= 0.6 is 0 Å². The van der Waals surface area contributed by atoms with Gasteiger partial charge in [0.15, 0.2) is 0 Å². The second-order valence-electron chi connectivity index (χ2n) is 8.42. The standard InChI is InChI=1S/C26H26N4O3/c1-3-33-26(32)24-16(2)19-13-17(7-9-20(19)29-24)23-15-27-21-10-8-18(14-22(21)28-23)25(31)30-11-5-4-6-12-30/h7-10,13-15,29H,3-6,11-12H2,1-2H3. The van der Waals surface area contributed by atoms with Gasteiger partial charge in [-0.2, -0.15) is 0 Å². The molecule has 0 saturated carbocycles. The number of carbonyl (C=O) groups excluding carboxylic acids is 2. The Morgan fingerprint density at radius 2 is 1.88 bits per heavy atom. The number of aryl methyl sites for hydroxylation is 1. The summed E-state index contributed by atoms with van der Waals surface area (Å²) in [6.07, 6.45) is 5.04. The van der Waals surface area contributed by atoms with Crippen molar-refractivity contribution >= 4 is 33.8 Å². The number of piperidine rings is 1. The molecule has 1 aliphatic rings. The Balaban J connectivity index is 1.50. The summed E-state index contributed by atoms with van der Waals surface area (Å²) in [6.45, 7) is 5.64. The van der Waals surface area contributed by atoms with Crippen molar-refractivity contribution in [2.75, 3.05) is 19.7 Å². The van der Waals surface area contributed by atoms with E-state index in [-0.39, 0.29) is 11.9 Å². The fourth-order valence-corrected chi connectivity index (χ4v) is 4.46. The lowest BCUT2D eigenvalue weighted by Crippen LogP contribution is -2.35. The van der Waals surface area contributed by atoms with E-state index in [1.54, 1.807) is 13.1 Å². The van der Waals surface area contributed by atoms with E-state index in [0.29, 0.717) is 29.1 Å². The molecule has 3 heterocycles. The van der Waals surface area contributed by atoms with Crippen LogP contribution in [0.4, 0.5) is 0 Å². The molecule has 0 aliphatic carbocycles. The first kappa shape index (κ1) is 21.1. The molecule has 7 heteroatoms. The fourth-order valence-electron chi connectivity index (χ4n) is 4.46. The van der Waals surface area contributed by atoms with Crippen LogP contribution in [0.5, 0.6) is 0 Å². The van der Waals surface area contributed by atoms with Gasteiger partial charge in [0.05, 0.1) is 29.5 Å². The van der Waals surface area contributed by atoms with Crippen molar-refractivity contribution in [3.8, 4) is 11.3 Å². The van der Waals surface area contributed by atoms with Crippen LogP contribution < -0.4 is 0 Å². The van der Waals surface area contributed by atoms with E-state index >= 15 is 0 Å². The van der Waals surface area contributed by atoms with Gasteiger partial charge in [-0.05, 0) is 69.0 Å². The molecule has 4 aromatic rings. The van der Waals surface area contributed by atoms with Crippen LogP contribution in [-0.4, -0.2) is 51.4 Å². The highest BCUT2D eigenvalue weighted by Gasteiger charge is 2.19. The summed E-state index contributed by atoms with van der Waals surface area (Å²) in [6, 6.07) is 11.4. The number of rotatable bonds is 4. The Labute approximate surface area is 191 Å². The number of hydrogen-bond donors (Lipinski definition) is 1. The van der Waals surface area contributed by atoms with Crippen molar-refractivity contribution in [3.63, 3.8) is 0 Å². The Morgan fingerprint density at radius 1 is 1.06 bits per heavy atom. The number of ether oxygens (including phenoxy) is 1. The molecule has 168 valence electrons. The molecule has 0 spiro atoms. The molecule has 1 aliphatic heterocycles. The molecule has 1 amide bonds. The molecule has 7 nitrogen and oxygen atoms in total. The van der Waals surface area contributed by atoms with Gasteiger partial charge >= 0.3 is 5.97 Å². The van der Waals surface area contributed by atoms with Gasteiger partial charge in [-0.25, -0.2) is 9.78 Å². The third-order valence-electron chi connectivity index (χ3n) is 6.27. The smallest absolute Gasteiger partial charge is 0.355 e. The van der Waals surface area contributed by atoms with Gasteiger partial charge in [0, 0.05) is 35.1 Å². The normalized spacial score (nSPS) is 14.1. The van der Waals surface area contributed by atoms with E-state index in [1.807, 2.05) is 48.2 Å². The lowest BCUT2D eigenvalue weighted by molar-refractivity contribution is 0.0519. The highest BCUT2D eigenvalue weighted by Crippen LogP contribution is 2.28. The molecule has 0 atom stereocenters. The van der Waals surface area contributed by atoms with Crippen molar-refractivity contribution < 1.29 is 14.3 Å². The number of aromatic amines is 1. The Morgan fingerprint density at radius 3 is 2.67 bits per heavy atom. The van der Waals surface area contributed by atoms with E-state index < -0.39 is 0 Å². The molecule has 1 saturated heterocycles. The molecule has 0 radical (unpaired) electrons. The Kier molecular flexibility index (Phi) is 5.54. The topological polar surface area (TPSA) is 88.2 Å². The van der Waals surface area contributed by atoms with Crippen LogP contribution in [0.2, 0.25) is 0 Å². The van der Waals surface area contributed by atoms with Crippen LogP contribution in [0, 0.1) is 6.92 Å². The zero-order valence-electron chi connectivity index (χ0n) is 18.9. The molecule has 33 heavy (non-hydrogen) atoms. The number of amides is 1. The second-order valence-corrected chi connectivity index (χ2v) is 8.42. The predicted octanol–water partition coefficient (Wildman–Crippen LogP) is 4.89. The van der Waals surface area contributed by atoms with E-state index in [9.17, 15) is 9.59 Å². The van der Waals surface area contributed by atoms with Gasteiger partial charge < -0.3 is 14.6 Å². The number of benzene rings is 2. The number of nitrogens with zero attached hydrogens (tertiary/aromatic N) is 3. The van der Waals surface area contributed by atoms with Crippen molar-refractivity contribution in [1.82, 2.24) is 19.9 Å². The molecular formula is C26H26N4O3. The molecule has 2 aromatic heterocycles. The fraction of sp³-hybridized carbons (Fsp3) is 0.308. The summed E-state index contributed by atoms with van der Waals surface area (Å²) in [7, 11) is 0. The summed E-state index contributed by atoms with van der Waals surface area (Å²) < 4.78 is 5.15. The van der Waals surface area contributed by atoms with E-state index in [4.69, 9.17) is 9.72 Å². The summed E-state index contributed by atoms with van der Waals surface area (Å²) in [5.41, 5.74) is 5.86. The van der Waals surface area contributed by atoms with Gasteiger partial charge in [0.25, 0.3) is 5.91 Å². The van der Waals surface area contributed by atoms with Gasteiger partial charge in [-0.15, -0.1) is 0 Å². The van der Waals surface area contributed by atoms with Crippen molar-refractivity contribution in [3.05, 3.63) is 59.4 Å². The molecule has 0 bridgehead atoms. The number of likely N-dealkylation sites (tertiary alicyclic amines) is 1. The number of fused-ring (bicyclic) bond motifs is 2. The first-order valence-corrected chi connectivity index (χ1v) is 11.4.